The average molecular weight is 263 g/mol. The number of nitrogens with one attached hydrogen (secondary N) is 1. The molecule has 4 heteroatoms. The van der Waals surface area contributed by atoms with Crippen molar-refractivity contribution in [1.82, 2.24) is 10.3 Å². The smallest absolute Gasteiger partial charge is 0.140 e. The molecule has 1 unspecified atom stereocenters. The molecule has 2 aromatic rings. The Morgan fingerprint density at radius 1 is 1.28 bits per heavy atom. The lowest BCUT2D eigenvalue weighted by atomic mass is 10.1. The van der Waals surface area contributed by atoms with Gasteiger partial charge in [0.05, 0.1) is 11.2 Å². The summed E-state index contributed by atoms with van der Waals surface area (Å²) in [6.07, 6.45) is 3.19. The van der Waals surface area contributed by atoms with Crippen molar-refractivity contribution in [2.75, 3.05) is 13.6 Å². The fourth-order valence-corrected chi connectivity index (χ4v) is 1.87. The van der Waals surface area contributed by atoms with Gasteiger partial charge in [0, 0.05) is 18.8 Å². The molecule has 0 bridgehead atoms. The highest BCUT2D eigenvalue weighted by Gasteiger charge is 2.12. The molecule has 0 aliphatic heterocycles. The quantitative estimate of drug-likeness (QED) is 0.899. The van der Waals surface area contributed by atoms with Crippen molar-refractivity contribution in [2.45, 2.75) is 6.10 Å². The molecule has 0 aliphatic rings. The average Bonchev–Trinajstić information content (AvgIpc) is 2.39. The summed E-state index contributed by atoms with van der Waals surface area (Å²) in [6.45, 7) is 0.719. The maximum Gasteiger partial charge on any atom is 0.140 e. The van der Waals surface area contributed by atoms with Gasteiger partial charge >= 0.3 is 0 Å². The minimum absolute atomic E-state index is 0.0588. The molecular formula is C14H15ClN2O. The molecular weight excluding hydrogens is 248 g/mol. The van der Waals surface area contributed by atoms with E-state index >= 15 is 0 Å². The molecule has 0 radical (unpaired) electrons. The van der Waals surface area contributed by atoms with Crippen molar-refractivity contribution in [2.24, 2.45) is 0 Å². The van der Waals surface area contributed by atoms with E-state index in [4.69, 9.17) is 16.3 Å². The van der Waals surface area contributed by atoms with Crippen molar-refractivity contribution >= 4 is 11.6 Å². The fourth-order valence-electron chi connectivity index (χ4n) is 1.70. The summed E-state index contributed by atoms with van der Waals surface area (Å²) in [5.41, 5.74) is 1.12. The highest BCUT2D eigenvalue weighted by atomic mass is 35.5. The summed E-state index contributed by atoms with van der Waals surface area (Å²) in [5.74, 6) is 0.673. The number of halogens is 1. The van der Waals surface area contributed by atoms with Gasteiger partial charge in [-0.1, -0.05) is 41.9 Å². The molecule has 94 valence electrons. The normalized spacial score (nSPS) is 12.1. The number of hydrogen-bond acceptors (Lipinski definition) is 3. The predicted octanol–water partition coefficient (Wildman–Crippen LogP) is 3.07. The summed E-state index contributed by atoms with van der Waals surface area (Å²) >= 11 is 5.89. The summed E-state index contributed by atoms with van der Waals surface area (Å²) in [5, 5.41) is 3.70. The van der Waals surface area contributed by atoms with Crippen molar-refractivity contribution in [3.05, 3.63) is 59.4 Å². The van der Waals surface area contributed by atoms with Crippen molar-refractivity contribution < 1.29 is 4.74 Å². The van der Waals surface area contributed by atoms with E-state index in [2.05, 4.69) is 10.3 Å². The summed E-state index contributed by atoms with van der Waals surface area (Å²) in [6, 6.07) is 11.8. The SMILES string of the molecule is CNCC(Oc1cncc(Cl)c1)c1ccccc1. The number of ether oxygens (including phenoxy) is 1. The molecule has 1 atom stereocenters. The first-order chi connectivity index (χ1) is 8.79. The number of rotatable bonds is 5. The Hall–Kier alpha value is -1.58. The van der Waals surface area contributed by atoms with Crippen LogP contribution in [0.3, 0.4) is 0 Å². The number of aromatic nitrogens is 1. The van der Waals surface area contributed by atoms with Crippen molar-refractivity contribution in [3.63, 3.8) is 0 Å². The molecule has 1 N–H and O–H groups in total. The van der Waals surface area contributed by atoms with Gasteiger partial charge in [-0.2, -0.15) is 0 Å². The van der Waals surface area contributed by atoms with E-state index in [1.807, 2.05) is 37.4 Å². The zero-order chi connectivity index (χ0) is 12.8. The Kier molecular flexibility index (Phi) is 4.56. The maximum atomic E-state index is 5.91. The largest absolute Gasteiger partial charge is 0.483 e. The van der Waals surface area contributed by atoms with Crippen LogP contribution in [0.4, 0.5) is 0 Å². The molecule has 0 saturated carbocycles. The molecule has 0 fully saturated rings. The monoisotopic (exact) mass is 262 g/mol. The molecule has 0 aliphatic carbocycles. The molecule has 1 aromatic heterocycles. The van der Waals surface area contributed by atoms with Crippen LogP contribution >= 0.6 is 11.6 Å². The first kappa shape index (κ1) is 12.9. The van der Waals surface area contributed by atoms with Gasteiger partial charge in [0.25, 0.3) is 0 Å². The van der Waals surface area contributed by atoms with Crippen molar-refractivity contribution in [1.29, 1.82) is 0 Å². The molecule has 0 spiro atoms. The Morgan fingerprint density at radius 2 is 2.06 bits per heavy atom. The maximum absolute atomic E-state index is 5.91. The zero-order valence-corrected chi connectivity index (χ0v) is 10.9. The lowest BCUT2D eigenvalue weighted by molar-refractivity contribution is 0.204. The molecule has 18 heavy (non-hydrogen) atoms. The number of likely N-dealkylation sites (N-methyl/N-ethyl adjacent to an activating group) is 1. The van der Waals surface area contributed by atoms with Gasteiger partial charge in [-0.05, 0) is 12.6 Å². The Bertz CT molecular complexity index is 490. The summed E-state index contributed by atoms with van der Waals surface area (Å²) in [4.78, 5) is 4.01. The molecule has 3 nitrogen and oxygen atoms in total. The second-order valence-electron chi connectivity index (χ2n) is 3.91. The third-order valence-electron chi connectivity index (χ3n) is 2.52. The number of nitrogens with zero attached hydrogens (tertiary/aromatic N) is 1. The lowest BCUT2D eigenvalue weighted by Crippen LogP contribution is -2.21. The third kappa shape index (κ3) is 3.45. The van der Waals surface area contributed by atoms with Crippen LogP contribution in [0, 0.1) is 0 Å². The standard InChI is InChI=1S/C14H15ClN2O/c1-16-10-14(11-5-3-2-4-6-11)18-13-7-12(15)8-17-9-13/h2-9,14,16H,10H2,1H3. The van der Waals surface area contributed by atoms with Gasteiger partial charge in [0.15, 0.2) is 0 Å². The van der Waals surface area contributed by atoms with Gasteiger partial charge in [-0.25, -0.2) is 0 Å². The number of hydrogen-bond donors (Lipinski definition) is 1. The molecule has 1 aromatic carbocycles. The predicted molar refractivity (Wildman–Crippen MR) is 73.0 cm³/mol. The van der Waals surface area contributed by atoms with Gasteiger partial charge in [0.2, 0.25) is 0 Å². The highest BCUT2D eigenvalue weighted by molar-refractivity contribution is 6.30. The van der Waals surface area contributed by atoms with Crippen LogP contribution < -0.4 is 10.1 Å². The van der Waals surface area contributed by atoms with Crippen molar-refractivity contribution in [3.8, 4) is 5.75 Å². The molecule has 2 rings (SSSR count). The van der Waals surface area contributed by atoms with Gasteiger partial charge < -0.3 is 10.1 Å². The van der Waals surface area contributed by atoms with Crippen LogP contribution in [0.5, 0.6) is 5.75 Å². The minimum atomic E-state index is -0.0588. The minimum Gasteiger partial charge on any atom is -0.483 e. The van der Waals surface area contributed by atoms with Crippen LogP contribution in [0.1, 0.15) is 11.7 Å². The van der Waals surface area contributed by atoms with E-state index in [1.165, 1.54) is 0 Å². The van der Waals surface area contributed by atoms with Gasteiger partial charge in [-0.3, -0.25) is 4.98 Å². The number of benzene rings is 1. The lowest BCUT2D eigenvalue weighted by Gasteiger charge is -2.19. The van der Waals surface area contributed by atoms with E-state index in [-0.39, 0.29) is 6.10 Å². The second kappa shape index (κ2) is 6.38. The molecule has 0 amide bonds. The van der Waals surface area contributed by atoms with E-state index in [1.54, 1.807) is 18.5 Å². The third-order valence-corrected chi connectivity index (χ3v) is 2.73. The molecule has 0 saturated heterocycles. The van der Waals surface area contributed by atoms with Crippen LogP contribution in [0.2, 0.25) is 5.02 Å². The van der Waals surface area contributed by atoms with Crippen LogP contribution in [-0.2, 0) is 0 Å². The van der Waals surface area contributed by atoms with Crippen LogP contribution in [-0.4, -0.2) is 18.6 Å². The number of pyridine rings is 1. The topological polar surface area (TPSA) is 34.1 Å². The van der Waals surface area contributed by atoms with Gasteiger partial charge in [-0.15, -0.1) is 0 Å². The van der Waals surface area contributed by atoms with E-state index in [0.717, 1.165) is 12.1 Å². The van der Waals surface area contributed by atoms with E-state index in [0.29, 0.717) is 10.8 Å². The van der Waals surface area contributed by atoms with Crippen LogP contribution in [0.25, 0.3) is 0 Å². The van der Waals surface area contributed by atoms with Gasteiger partial charge in [0.1, 0.15) is 11.9 Å². The first-order valence-corrected chi connectivity index (χ1v) is 6.14. The zero-order valence-electron chi connectivity index (χ0n) is 10.1. The van der Waals surface area contributed by atoms with E-state index in [9.17, 15) is 0 Å². The highest BCUT2D eigenvalue weighted by Crippen LogP contribution is 2.22. The Balaban J connectivity index is 2.16. The Labute approximate surface area is 112 Å². The Morgan fingerprint density at radius 3 is 2.72 bits per heavy atom. The van der Waals surface area contributed by atoms with E-state index < -0.39 is 0 Å². The fraction of sp³-hybridized carbons (Fsp3) is 0.214. The summed E-state index contributed by atoms with van der Waals surface area (Å²) in [7, 11) is 1.90. The van der Waals surface area contributed by atoms with Crippen LogP contribution in [0.15, 0.2) is 48.8 Å². The summed E-state index contributed by atoms with van der Waals surface area (Å²) < 4.78 is 5.91. The molecule has 1 heterocycles. The second-order valence-corrected chi connectivity index (χ2v) is 4.35. The first-order valence-electron chi connectivity index (χ1n) is 5.76.